The summed E-state index contributed by atoms with van der Waals surface area (Å²) in [6.45, 7) is 3.15. The molecule has 3 rings (SSSR count). The highest BCUT2D eigenvalue weighted by atomic mass is 19.1. The lowest BCUT2D eigenvalue weighted by molar-refractivity contribution is 0.00952. The van der Waals surface area contributed by atoms with Crippen LogP contribution in [0, 0.1) is 18.7 Å². The van der Waals surface area contributed by atoms with E-state index in [-0.39, 0.29) is 29.6 Å². The maximum atomic E-state index is 13.4. The minimum atomic E-state index is -0.333. The lowest BCUT2D eigenvalue weighted by atomic mass is 9.82. The van der Waals surface area contributed by atoms with Crippen molar-refractivity contribution in [3.8, 4) is 0 Å². The quantitative estimate of drug-likeness (QED) is 0.830. The third-order valence-electron chi connectivity index (χ3n) is 3.94. The van der Waals surface area contributed by atoms with Gasteiger partial charge in [-0.2, -0.15) is 0 Å². The molecule has 2 unspecified atom stereocenters. The van der Waals surface area contributed by atoms with E-state index in [4.69, 9.17) is 4.74 Å². The summed E-state index contributed by atoms with van der Waals surface area (Å²) in [6.07, 6.45) is 1.57. The van der Waals surface area contributed by atoms with E-state index in [0.29, 0.717) is 18.8 Å². The summed E-state index contributed by atoms with van der Waals surface area (Å²) >= 11 is 0. The van der Waals surface area contributed by atoms with Crippen LogP contribution in [0.2, 0.25) is 0 Å². The van der Waals surface area contributed by atoms with E-state index in [0.717, 1.165) is 18.4 Å². The number of ether oxygens (including phenoxy) is 1. The van der Waals surface area contributed by atoms with Crippen LogP contribution in [0.3, 0.4) is 0 Å². The Morgan fingerprint density at radius 2 is 1.95 bits per heavy atom. The average Bonchev–Trinajstić information content (AvgIpc) is 2.36. The summed E-state index contributed by atoms with van der Waals surface area (Å²) in [7, 11) is 0. The first-order chi connectivity index (χ1) is 9.11. The number of rotatable bonds is 2. The first-order valence-corrected chi connectivity index (χ1v) is 6.77. The number of hydrogen-bond acceptors (Lipinski definition) is 3. The van der Waals surface area contributed by atoms with Gasteiger partial charge < -0.3 is 10.1 Å². The van der Waals surface area contributed by atoms with Crippen molar-refractivity contribution in [3.05, 3.63) is 35.1 Å². The molecule has 0 aromatic heterocycles. The molecule has 3 nitrogen and oxygen atoms in total. The molecule has 2 bridgehead atoms. The Balaban J connectivity index is 1.79. The normalized spacial score (nSPS) is 30.1. The Morgan fingerprint density at radius 3 is 2.58 bits per heavy atom. The summed E-state index contributed by atoms with van der Waals surface area (Å²) in [5, 5.41) is 3.46. The fourth-order valence-electron chi connectivity index (χ4n) is 3.17. The first kappa shape index (κ1) is 12.8. The molecule has 2 aliphatic rings. The smallest absolute Gasteiger partial charge is 0.166 e. The van der Waals surface area contributed by atoms with Crippen molar-refractivity contribution in [2.75, 3.05) is 13.2 Å². The Morgan fingerprint density at radius 1 is 1.26 bits per heavy atom. The Bertz CT molecular complexity index is 471. The van der Waals surface area contributed by atoms with E-state index < -0.39 is 0 Å². The number of carbonyl (C=O) groups is 1. The minimum Gasteiger partial charge on any atom is -0.378 e. The zero-order valence-electron chi connectivity index (χ0n) is 11.0. The van der Waals surface area contributed by atoms with Crippen LogP contribution < -0.4 is 5.32 Å². The van der Waals surface area contributed by atoms with Gasteiger partial charge in [0.25, 0.3) is 0 Å². The molecule has 0 spiro atoms. The lowest BCUT2D eigenvalue weighted by Crippen LogP contribution is -2.55. The number of carbonyl (C=O) groups excluding carboxylic acids is 1. The molecule has 0 aliphatic carbocycles. The van der Waals surface area contributed by atoms with Crippen molar-refractivity contribution in [1.82, 2.24) is 5.32 Å². The molecule has 19 heavy (non-hydrogen) atoms. The Hall–Kier alpha value is -1.26. The van der Waals surface area contributed by atoms with Crippen molar-refractivity contribution >= 4 is 5.78 Å². The number of aryl methyl sites for hydroxylation is 1. The van der Waals surface area contributed by atoms with E-state index in [1.54, 1.807) is 6.07 Å². The molecular weight excluding hydrogens is 245 g/mol. The van der Waals surface area contributed by atoms with Gasteiger partial charge in [-0.05, 0) is 43.5 Å². The van der Waals surface area contributed by atoms with Gasteiger partial charge in [0, 0.05) is 23.6 Å². The van der Waals surface area contributed by atoms with Gasteiger partial charge in [-0.25, -0.2) is 4.39 Å². The molecule has 2 atom stereocenters. The second-order valence-corrected chi connectivity index (χ2v) is 5.65. The number of ketones is 1. The van der Waals surface area contributed by atoms with E-state index in [9.17, 15) is 9.18 Å². The van der Waals surface area contributed by atoms with E-state index >= 15 is 0 Å². The number of benzene rings is 1. The van der Waals surface area contributed by atoms with Gasteiger partial charge in [0.2, 0.25) is 0 Å². The number of piperidine rings is 1. The molecule has 0 saturated carbocycles. The molecule has 0 radical (unpaired) electrons. The maximum Gasteiger partial charge on any atom is 0.166 e. The molecule has 102 valence electrons. The van der Waals surface area contributed by atoms with E-state index in [2.05, 4.69) is 5.32 Å². The van der Waals surface area contributed by atoms with Crippen molar-refractivity contribution in [2.45, 2.75) is 31.8 Å². The van der Waals surface area contributed by atoms with Crippen molar-refractivity contribution in [2.24, 2.45) is 5.92 Å². The zero-order valence-corrected chi connectivity index (χ0v) is 11.0. The number of nitrogens with one attached hydrogen (secondary N) is 1. The highest BCUT2D eigenvalue weighted by Gasteiger charge is 2.35. The summed E-state index contributed by atoms with van der Waals surface area (Å²) in [5.74, 6) is -0.275. The summed E-state index contributed by atoms with van der Waals surface area (Å²) in [5.41, 5.74) is 1.30. The van der Waals surface area contributed by atoms with Gasteiger partial charge in [0.15, 0.2) is 5.78 Å². The molecule has 1 aromatic rings. The van der Waals surface area contributed by atoms with Gasteiger partial charge in [-0.3, -0.25) is 4.79 Å². The molecular formula is C15H18FNO2. The van der Waals surface area contributed by atoms with Crippen molar-refractivity contribution < 1.29 is 13.9 Å². The topological polar surface area (TPSA) is 38.3 Å². The van der Waals surface area contributed by atoms with Gasteiger partial charge in [-0.15, -0.1) is 0 Å². The first-order valence-electron chi connectivity index (χ1n) is 6.77. The number of hydrogen-bond donors (Lipinski definition) is 1. The highest BCUT2D eigenvalue weighted by molar-refractivity contribution is 5.98. The van der Waals surface area contributed by atoms with Crippen LogP contribution in [0.1, 0.15) is 28.8 Å². The van der Waals surface area contributed by atoms with Crippen molar-refractivity contribution in [3.63, 3.8) is 0 Å². The predicted octanol–water partition coefficient (Wildman–Crippen LogP) is 2.08. The molecule has 2 fully saturated rings. The maximum absolute atomic E-state index is 13.4. The van der Waals surface area contributed by atoms with Crippen LogP contribution in [-0.4, -0.2) is 31.1 Å². The lowest BCUT2D eigenvalue weighted by Gasteiger charge is -2.39. The predicted molar refractivity (Wildman–Crippen MR) is 69.7 cm³/mol. The molecule has 2 heterocycles. The summed E-state index contributed by atoms with van der Waals surface area (Å²) in [6, 6.07) is 5.10. The largest absolute Gasteiger partial charge is 0.378 e. The number of Topliss-reactive ketones (excluding diaryl/α,β-unsaturated/α-hetero) is 1. The van der Waals surface area contributed by atoms with Crippen LogP contribution in [0.4, 0.5) is 4.39 Å². The second kappa shape index (κ2) is 5.02. The number of morpholine rings is 1. The second-order valence-electron chi connectivity index (χ2n) is 5.65. The van der Waals surface area contributed by atoms with Crippen LogP contribution in [0.25, 0.3) is 0 Å². The number of fused-ring (bicyclic) bond motifs is 2. The highest BCUT2D eigenvalue weighted by Crippen LogP contribution is 2.27. The van der Waals surface area contributed by atoms with Gasteiger partial charge in [-0.1, -0.05) is 0 Å². The standard InChI is InChI=1S/C15H18FNO2/c1-9-2-10(4-12(16)3-9)15(18)11-5-13-7-19-8-14(6-11)17-13/h2-4,11,13-14,17H,5-8H2,1H3. The van der Waals surface area contributed by atoms with Gasteiger partial charge >= 0.3 is 0 Å². The summed E-state index contributed by atoms with van der Waals surface area (Å²) in [4.78, 5) is 12.5. The third kappa shape index (κ3) is 2.69. The molecule has 4 heteroatoms. The zero-order chi connectivity index (χ0) is 13.4. The third-order valence-corrected chi connectivity index (χ3v) is 3.94. The molecule has 0 amide bonds. The Kier molecular flexibility index (Phi) is 3.37. The van der Waals surface area contributed by atoms with Crippen molar-refractivity contribution in [1.29, 1.82) is 0 Å². The number of halogens is 1. The Labute approximate surface area is 112 Å². The fraction of sp³-hybridized carbons (Fsp3) is 0.533. The average molecular weight is 263 g/mol. The molecule has 1 aromatic carbocycles. The molecule has 2 aliphatic heterocycles. The van der Waals surface area contributed by atoms with Crippen LogP contribution in [0.15, 0.2) is 18.2 Å². The van der Waals surface area contributed by atoms with Crippen LogP contribution in [-0.2, 0) is 4.74 Å². The molecule has 2 saturated heterocycles. The van der Waals surface area contributed by atoms with Crippen LogP contribution >= 0.6 is 0 Å². The van der Waals surface area contributed by atoms with Gasteiger partial charge in [0.1, 0.15) is 5.82 Å². The monoisotopic (exact) mass is 263 g/mol. The van der Waals surface area contributed by atoms with Gasteiger partial charge in [0.05, 0.1) is 13.2 Å². The summed E-state index contributed by atoms with van der Waals surface area (Å²) < 4.78 is 18.9. The fourth-order valence-corrected chi connectivity index (χ4v) is 3.17. The van der Waals surface area contributed by atoms with E-state index in [1.807, 2.05) is 6.92 Å². The molecule has 1 N–H and O–H groups in total. The minimum absolute atomic E-state index is 0.0126. The van der Waals surface area contributed by atoms with Crippen LogP contribution in [0.5, 0.6) is 0 Å². The van der Waals surface area contributed by atoms with E-state index in [1.165, 1.54) is 12.1 Å². The SMILES string of the molecule is Cc1cc(F)cc(C(=O)C2CC3COCC(C2)N3)c1.